The topological polar surface area (TPSA) is 80.4 Å². The number of halogens is 4. The van der Waals surface area contributed by atoms with Crippen molar-refractivity contribution in [2.24, 2.45) is 0 Å². The van der Waals surface area contributed by atoms with Crippen molar-refractivity contribution in [3.05, 3.63) is 74.8 Å². The first-order chi connectivity index (χ1) is 14.7. The van der Waals surface area contributed by atoms with Gasteiger partial charge in [0.05, 0.1) is 12.0 Å². The Morgan fingerprint density at radius 3 is 2.48 bits per heavy atom. The average molecular weight is 449 g/mol. The van der Waals surface area contributed by atoms with Crippen LogP contribution in [0.3, 0.4) is 0 Å². The Bertz CT molecular complexity index is 1340. The Balaban J connectivity index is 1.72. The summed E-state index contributed by atoms with van der Waals surface area (Å²) in [5.41, 5.74) is -0.836. The van der Waals surface area contributed by atoms with Crippen LogP contribution in [0.25, 0.3) is 22.2 Å². The molecule has 0 radical (unpaired) electrons. The Hall–Kier alpha value is -3.53. The molecule has 0 atom stereocenters. The summed E-state index contributed by atoms with van der Waals surface area (Å²) in [6.07, 6.45) is -0.472. The largest absolute Gasteiger partial charge is 0.478 e. The number of oxazole rings is 1. The molecule has 0 aliphatic rings. The minimum Gasteiger partial charge on any atom is -0.478 e. The number of aryl methyl sites for hydroxylation is 1. The van der Waals surface area contributed by atoms with Crippen molar-refractivity contribution in [2.45, 2.75) is 13.3 Å². The van der Waals surface area contributed by atoms with E-state index in [-0.39, 0.29) is 38.2 Å². The van der Waals surface area contributed by atoms with Gasteiger partial charge in [-0.05, 0) is 17.9 Å². The number of Topliss-reactive ketones (excluding diaryl/α,β-unsaturated/α-hetero) is 1. The second-order valence-corrected chi connectivity index (χ2v) is 7.63. The van der Waals surface area contributed by atoms with Crippen LogP contribution in [0.5, 0.6) is 0 Å². The normalized spacial score (nSPS) is 11.3. The molecule has 0 amide bonds. The van der Waals surface area contributed by atoms with Crippen LogP contribution in [0.4, 0.5) is 17.6 Å². The molecular formula is C21H11F4NO4S. The van der Waals surface area contributed by atoms with Gasteiger partial charge in [0, 0.05) is 28.1 Å². The van der Waals surface area contributed by atoms with Crippen molar-refractivity contribution in [3.8, 4) is 11.1 Å². The van der Waals surface area contributed by atoms with E-state index in [1.165, 1.54) is 24.4 Å². The van der Waals surface area contributed by atoms with Gasteiger partial charge in [0.25, 0.3) is 5.89 Å². The lowest BCUT2D eigenvalue weighted by Crippen LogP contribution is -2.08. The SMILES string of the molecule is Cc1ccc(-c2csc(CC(=O)c3nc4cc(F)c(F)cc4o3)c2C(=O)O)c(F)c1F. The summed E-state index contributed by atoms with van der Waals surface area (Å²) in [7, 11) is 0. The molecule has 0 saturated heterocycles. The average Bonchev–Trinajstić information content (AvgIpc) is 3.31. The van der Waals surface area contributed by atoms with Crippen LogP contribution in [0, 0.1) is 30.2 Å². The number of carbonyl (C=O) groups is 2. The number of carboxylic acid groups (broad SMARTS) is 1. The van der Waals surface area contributed by atoms with Crippen LogP contribution < -0.4 is 0 Å². The molecule has 5 nitrogen and oxygen atoms in total. The zero-order valence-electron chi connectivity index (χ0n) is 15.6. The van der Waals surface area contributed by atoms with Crippen molar-refractivity contribution in [3.63, 3.8) is 0 Å². The number of carbonyl (C=O) groups excluding carboxylic acids is 1. The molecule has 10 heteroatoms. The molecular weight excluding hydrogens is 438 g/mol. The molecule has 4 rings (SSSR count). The number of rotatable bonds is 5. The minimum atomic E-state index is -1.43. The van der Waals surface area contributed by atoms with E-state index in [1.807, 2.05) is 0 Å². The highest BCUT2D eigenvalue weighted by Crippen LogP contribution is 2.35. The first-order valence-electron chi connectivity index (χ1n) is 8.74. The van der Waals surface area contributed by atoms with Crippen molar-refractivity contribution in [1.29, 1.82) is 0 Å². The third kappa shape index (κ3) is 3.59. The first kappa shape index (κ1) is 20.7. The van der Waals surface area contributed by atoms with Gasteiger partial charge in [0.2, 0.25) is 5.78 Å². The smallest absolute Gasteiger partial charge is 0.337 e. The fraction of sp³-hybridized carbons (Fsp3) is 0.0952. The number of aromatic nitrogens is 1. The molecule has 0 unspecified atom stereocenters. The quantitative estimate of drug-likeness (QED) is 0.319. The number of fused-ring (bicyclic) bond motifs is 1. The molecule has 2 aromatic carbocycles. The van der Waals surface area contributed by atoms with E-state index in [9.17, 15) is 32.3 Å². The van der Waals surface area contributed by atoms with Gasteiger partial charge in [0.15, 0.2) is 28.9 Å². The number of benzene rings is 2. The van der Waals surface area contributed by atoms with E-state index in [2.05, 4.69) is 4.98 Å². The van der Waals surface area contributed by atoms with E-state index in [0.717, 1.165) is 23.5 Å². The zero-order valence-corrected chi connectivity index (χ0v) is 16.4. The summed E-state index contributed by atoms with van der Waals surface area (Å²) in [6.45, 7) is 1.37. The monoisotopic (exact) mass is 449 g/mol. The highest BCUT2D eigenvalue weighted by Gasteiger charge is 2.26. The van der Waals surface area contributed by atoms with Gasteiger partial charge >= 0.3 is 5.97 Å². The van der Waals surface area contributed by atoms with Gasteiger partial charge in [-0.1, -0.05) is 12.1 Å². The van der Waals surface area contributed by atoms with E-state index in [0.29, 0.717) is 0 Å². The number of hydrogen-bond donors (Lipinski definition) is 1. The lowest BCUT2D eigenvalue weighted by atomic mass is 9.99. The molecule has 4 aromatic rings. The van der Waals surface area contributed by atoms with Crippen molar-refractivity contribution in [2.75, 3.05) is 0 Å². The van der Waals surface area contributed by atoms with E-state index < -0.39 is 47.3 Å². The Kier molecular flexibility index (Phi) is 5.10. The molecule has 2 aromatic heterocycles. The summed E-state index contributed by atoms with van der Waals surface area (Å²) in [5, 5.41) is 10.9. The first-order valence-corrected chi connectivity index (χ1v) is 9.62. The predicted molar refractivity (Wildman–Crippen MR) is 103 cm³/mol. The highest BCUT2D eigenvalue weighted by molar-refractivity contribution is 7.11. The molecule has 0 fully saturated rings. The molecule has 2 heterocycles. The van der Waals surface area contributed by atoms with Gasteiger partial charge in [-0.3, -0.25) is 4.79 Å². The number of hydrogen-bond acceptors (Lipinski definition) is 5. The molecule has 0 spiro atoms. The van der Waals surface area contributed by atoms with Gasteiger partial charge in [0.1, 0.15) is 5.52 Å². The number of thiophene rings is 1. The van der Waals surface area contributed by atoms with Crippen molar-refractivity contribution >= 4 is 34.2 Å². The number of ketones is 1. The van der Waals surface area contributed by atoms with Crippen LogP contribution in [0.15, 0.2) is 34.1 Å². The van der Waals surface area contributed by atoms with E-state index in [1.54, 1.807) is 0 Å². The summed E-state index contributed by atoms with van der Waals surface area (Å²) in [6, 6.07) is 4.09. The van der Waals surface area contributed by atoms with Crippen LogP contribution >= 0.6 is 11.3 Å². The molecule has 31 heavy (non-hydrogen) atoms. The second kappa shape index (κ2) is 7.62. The Labute approximate surface area is 175 Å². The van der Waals surface area contributed by atoms with E-state index in [4.69, 9.17) is 4.42 Å². The minimum absolute atomic E-state index is 0.0625. The molecule has 0 saturated carbocycles. The molecule has 1 N–H and O–H groups in total. The van der Waals surface area contributed by atoms with Gasteiger partial charge < -0.3 is 9.52 Å². The number of nitrogens with zero attached hydrogens (tertiary/aromatic N) is 1. The maximum Gasteiger partial charge on any atom is 0.337 e. The molecule has 0 aliphatic heterocycles. The highest BCUT2D eigenvalue weighted by atomic mass is 32.1. The van der Waals surface area contributed by atoms with Crippen molar-refractivity contribution in [1.82, 2.24) is 4.98 Å². The Morgan fingerprint density at radius 1 is 1.06 bits per heavy atom. The summed E-state index contributed by atoms with van der Waals surface area (Å²) in [5.74, 6) is -7.26. The fourth-order valence-corrected chi connectivity index (χ4v) is 4.11. The zero-order chi connectivity index (χ0) is 22.4. The molecule has 0 bridgehead atoms. The maximum atomic E-state index is 14.4. The van der Waals surface area contributed by atoms with Crippen LogP contribution in [-0.2, 0) is 6.42 Å². The molecule has 0 aliphatic carbocycles. The number of aromatic carboxylic acids is 1. The standard InChI is InChI=1S/C21H11F4NO4S/c1-8-2-3-9(19(25)18(8)24)10-7-31-16(17(10)21(28)29)6-14(27)20-26-13-4-11(22)12(23)5-15(13)30-20/h2-5,7H,6H2,1H3,(H,28,29). The van der Waals surface area contributed by atoms with Crippen LogP contribution in [-0.4, -0.2) is 21.8 Å². The predicted octanol–water partition coefficient (Wildman–Crippen LogP) is 5.54. The lowest BCUT2D eigenvalue weighted by Gasteiger charge is -2.07. The summed E-state index contributed by atoms with van der Waals surface area (Å²) in [4.78, 5) is 28.3. The Morgan fingerprint density at radius 2 is 1.77 bits per heavy atom. The van der Waals surface area contributed by atoms with E-state index >= 15 is 0 Å². The van der Waals surface area contributed by atoms with Crippen molar-refractivity contribution < 1.29 is 36.7 Å². The summed E-state index contributed by atoms with van der Waals surface area (Å²) < 4.78 is 60.2. The van der Waals surface area contributed by atoms with Crippen LogP contribution in [0.2, 0.25) is 0 Å². The van der Waals surface area contributed by atoms with Gasteiger partial charge in [-0.15, -0.1) is 11.3 Å². The lowest BCUT2D eigenvalue weighted by molar-refractivity contribution is 0.0697. The van der Waals surface area contributed by atoms with Gasteiger partial charge in [-0.2, -0.15) is 0 Å². The van der Waals surface area contributed by atoms with Crippen LogP contribution in [0.1, 0.15) is 31.5 Å². The summed E-state index contributed by atoms with van der Waals surface area (Å²) >= 11 is 0.873. The fourth-order valence-electron chi connectivity index (χ4n) is 3.08. The third-order valence-electron chi connectivity index (χ3n) is 4.64. The third-order valence-corrected chi connectivity index (χ3v) is 5.62. The molecule has 158 valence electrons. The maximum absolute atomic E-state index is 14.4. The van der Waals surface area contributed by atoms with Gasteiger partial charge in [-0.25, -0.2) is 27.3 Å². The second-order valence-electron chi connectivity index (χ2n) is 6.66. The number of carboxylic acids is 1.